The van der Waals surface area contributed by atoms with E-state index in [1.807, 2.05) is 0 Å². The van der Waals surface area contributed by atoms with Gasteiger partial charge in [0.25, 0.3) is 5.56 Å². The molecule has 1 heterocycles. The van der Waals surface area contributed by atoms with Crippen molar-refractivity contribution in [3.63, 3.8) is 0 Å². The molecular weight excluding hydrogens is 244 g/mol. The lowest BCUT2D eigenvalue weighted by Crippen LogP contribution is -2.21. The minimum atomic E-state index is -0.535. The maximum atomic E-state index is 11.7. The van der Waals surface area contributed by atoms with Crippen molar-refractivity contribution >= 4 is 11.6 Å². The molecule has 0 spiro atoms. The molecule has 1 aromatic heterocycles. The molecule has 98 valence electrons. The molecule has 6 heteroatoms. The smallest absolute Gasteiger partial charge is 0.253 e. The van der Waals surface area contributed by atoms with Crippen LogP contribution in [0.5, 0.6) is 0 Å². The van der Waals surface area contributed by atoms with Gasteiger partial charge in [-0.25, -0.2) is 4.98 Å². The first-order valence-corrected chi connectivity index (χ1v) is 5.68. The highest BCUT2D eigenvalue weighted by atomic mass is 16.1. The molecule has 0 saturated heterocycles. The number of rotatable bonds is 3. The molecular formula is C13H14N4O2. The van der Waals surface area contributed by atoms with Gasteiger partial charge >= 0.3 is 0 Å². The lowest BCUT2D eigenvalue weighted by Gasteiger charge is -2.09. The van der Waals surface area contributed by atoms with Gasteiger partial charge in [-0.05, 0) is 24.6 Å². The predicted octanol–water partition coefficient (Wildman–Crippen LogP) is 0.281. The van der Waals surface area contributed by atoms with Crippen molar-refractivity contribution in [3.8, 4) is 0 Å². The summed E-state index contributed by atoms with van der Waals surface area (Å²) in [6, 6.07) is 6.22. The summed E-state index contributed by atoms with van der Waals surface area (Å²) < 4.78 is 1.45. The van der Waals surface area contributed by atoms with Crippen molar-refractivity contribution in [2.45, 2.75) is 13.5 Å². The largest absolute Gasteiger partial charge is 0.398 e. The highest BCUT2D eigenvalue weighted by Crippen LogP contribution is 2.14. The molecule has 0 unspecified atom stereocenters. The molecule has 2 aromatic rings. The zero-order chi connectivity index (χ0) is 14.0. The van der Waals surface area contributed by atoms with Gasteiger partial charge in [0, 0.05) is 23.0 Å². The molecule has 0 aliphatic carbocycles. The van der Waals surface area contributed by atoms with Crippen molar-refractivity contribution in [2.75, 3.05) is 5.73 Å². The van der Waals surface area contributed by atoms with Crippen LogP contribution in [0.15, 0.2) is 35.4 Å². The molecule has 6 nitrogen and oxygen atoms in total. The molecule has 1 amide bonds. The highest BCUT2D eigenvalue weighted by molar-refractivity contribution is 5.93. The van der Waals surface area contributed by atoms with Crippen LogP contribution in [0.3, 0.4) is 0 Å². The number of benzene rings is 1. The van der Waals surface area contributed by atoms with Gasteiger partial charge in [0.1, 0.15) is 0 Å². The fraction of sp³-hybridized carbons (Fsp3) is 0.154. The lowest BCUT2D eigenvalue weighted by atomic mass is 10.1. The Hall–Kier alpha value is -2.63. The molecule has 2 rings (SSSR count). The van der Waals surface area contributed by atoms with Crippen LogP contribution >= 0.6 is 0 Å². The van der Waals surface area contributed by atoms with Crippen LogP contribution in [-0.4, -0.2) is 15.5 Å². The molecule has 0 fully saturated rings. The predicted molar refractivity (Wildman–Crippen MR) is 71.7 cm³/mol. The zero-order valence-corrected chi connectivity index (χ0v) is 10.5. The minimum Gasteiger partial charge on any atom is -0.398 e. The van der Waals surface area contributed by atoms with Crippen LogP contribution in [-0.2, 0) is 6.54 Å². The van der Waals surface area contributed by atoms with E-state index in [1.54, 1.807) is 19.1 Å². The van der Waals surface area contributed by atoms with Crippen LogP contribution in [0, 0.1) is 6.92 Å². The monoisotopic (exact) mass is 258 g/mol. The van der Waals surface area contributed by atoms with E-state index in [0.29, 0.717) is 23.5 Å². The summed E-state index contributed by atoms with van der Waals surface area (Å²) in [5.41, 5.74) is 13.0. The van der Waals surface area contributed by atoms with E-state index in [1.165, 1.54) is 23.0 Å². The third-order valence-corrected chi connectivity index (χ3v) is 2.79. The molecule has 0 bridgehead atoms. The Morgan fingerprint density at radius 3 is 2.68 bits per heavy atom. The highest BCUT2D eigenvalue weighted by Gasteiger charge is 2.06. The average molecular weight is 258 g/mol. The Morgan fingerprint density at radius 2 is 2.11 bits per heavy atom. The fourth-order valence-corrected chi connectivity index (χ4v) is 1.71. The first kappa shape index (κ1) is 12.8. The molecule has 0 radical (unpaired) electrons. The number of anilines is 1. The van der Waals surface area contributed by atoms with Crippen molar-refractivity contribution in [1.29, 1.82) is 0 Å². The van der Waals surface area contributed by atoms with Crippen molar-refractivity contribution in [2.24, 2.45) is 5.73 Å². The van der Waals surface area contributed by atoms with Gasteiger partial charge in [-0.1, -0.05) is 6.07 Å². The zero-order valence-electron chi connectivity index (χ0n) is 10.5. The van der Waals surface area contributed by atoms with Gasteiger partial charge in [-0.15, -0.1) is 0 Å². The van der Waals surface area contributed by atoms with Gasteiger partial charge in [0.15, 0.2) is 0 Å². The maximum Gasteiger partial charge on any atom is 0.253 e. The number of hydrogen-bond donors (Lipinski definition) is 2. The number of aryl methyl sites for hydroxylation is 1. The number of nitrogens with zero attached hydrogens (tertiary/aromatic N) is 2. The van der Waals surface area contributed by atoms with E-state index < -0.39 is 5.91 Å². The third kappa shape index (κ3) is 2.79. The van der Waals surface area contributed by atoms with Crippen molar-refractivity contribution in [3.05, 3.63) is 57.8 Å². The summed E-state index contributed by atoms with van der Waals surface area (Å²) in [5.74, 6) is -0.535. The van der Waals surface area contributed by atoms with E-state index in [-0.39, 0.29) is 5.56 Å². The number of carbonyl (C=O) groups is 1. The number of hydrogen-bond acceptors (Lipinski definition) is 4. The van der Waals surface area contributed by atoms with E-state index >= 15 is 0 Å². The normalized spacial score (nSPS) is 10.4. The molecule has 19 heavy (non-hydrogen) atoms. The molecule has 4 N–H and O–H groups in total. The van der Waals surface area contributed by atoms with Crippen molar-refractivity contribution < 1.29 is 4.79 Å². The van der Waals surface area contributed by atoms with E-state index in [4.69, 9.17) is 11.5 Å². The average Bonchev–Trinajstić information content (AvgIpc) is 2.34. The molecule has 1 aromatic carbocycles. The first-order chi connectivity index (χ1) is 8.97. The number of nitrogen functional groups attached to an aromatic ring is 1. The second-order valence-electron chi connectivity index (χ2n) is 4.27. The van der Waals surface area contributed by atoms with E-state index in [9.17, 15) is 9.59 Å². The van der Waals surface area contributed by atoms with Crippen LogP contribution in [0.2, 0.25) is 0 Å². The molecule has 0 aliphatic heterocycles. The molecule has 0 atom stereocenters. The summed E-state index contributed by atoms with van der Waals surface area (Å²) >= 11 is 0. The van der Waals surface area contributed by atoms with Crippen LogP contribution in [0.1, 0.15) is 21.6 Å². The van der Waals surface area contributed by atoms with Gasteiger partial charge < -0.3 is 11.5 Å². The SMILES string of the molecule is Cc1cc(=O)n(Cc2ccc(C(N)=O)cc2N)cn1. The maximum absolute atomic E-state index is 11.7. The van der Waals surface area contributed by atoms with Gasteiger partial charge in [0.05, 0.1) is 12.9 Å². The van der Waals surface area contributed by atoms with E-state index in [2.05, 4.69) is 4.98 Å². The number of aromatic nitrogens is 2. The van der Waals surface area contributed by atoms with E-state index in [0.717, 1.165) is 5.56 Å². The Bertz CT molecular complexity index is 691. The Kier molecular flexibility index (Phi) is 3.33. The summed E-state index contributed by atoms with van der Waals surface area (Å²) in [7, 11) is 0. The van der Waals surface area contributed by atoms with Crippen LogP contribution < -0.4 is 17.0 Å². The number of nitrogens with two attached hydrogens (primary N) is 2. The third-order valence-electron chi connectivity index (χ3n) is 2.79. The first-order valence-electron chi connectivity index (χ1n) is 5.68. The summed E-state index contributed by atoms with van der Waals surface area (Å²) in [6.45, 7) is 2.05. The topological polar surface area (TPSA) is 104 Å². The van der Waals surface area contributed by atoms with Crippen molar-refractivity contribution in [1.82, 2.24) is 9.55 Å². The summed E-state index contributed by atoms with van der Waals surface area (Å²) in [5, 5.41) is 0. The van der Waals surface area contributed by atoms with Crippen LogP contribution in [0.4, 0.5) is 5.69 Å². The number of carbonyl (C=O) groups excluding carboxylic acids is 1. The summed E-state index contributed by atoms with van der Waals surface area (Å²) in [4.78, 5) is 26.8. The van der Waals surface area contributed by atoms with Crippen LogP contribution in [0.25, 0.3) is 0 Å². The Morgan fingerprint density at radius 1 is 1.37 bits per heavy atom. The van der Waals surface area contributed by atoms with Gasteiger partial charge in [-0.3, -0.25) is 14.2 Å². The minimum absolute atomic E-state index is 0.147. The number of amides is 1. The lowest BCUT2D eigenvalue weighted by molar-refractivity contribution is 0.100. The Labute approximate surface area is 109 Å². The second kappa shape index (κ2) is 4.93. The second-order valence-corrected chi connectivity index (χ2v) is 4.27. The Balaban J connectivity index is 2.33. The molecule has 0 saturated carbocycles. The van der Waals surface area contributed by atoms with Gasteiger partial charge in [-0.2, -0.15) is 0 Å². The van der Waals surface area contributed by atoms with Gasteiger partial charge in [0.2, 0.25) is 5.91 Å². The fourth-order valence-electron chi connectivity index (χ4n) is 1.71. The molecule has 0 aliphatic rings. The number of primary amides is 1. The standard InChI is InChI=1S/C13H14N4O2/c1-8-4-12(18)17(7-16-8)6-10-3-2-9(13(15)19)5-11(10)14/h2-5,7H,6,14H2,1H3,(H2,15,19). The summed E-state index contributed by atoms with van der Waals surface area (Å²) in [6.07, 6.45) is 1.47. The quantitative estimate of drug-likeness (QED) is 0.771.